The van der Waals surface area contributed by atoms with Crippen LogP contribution in [0.5, 0.6) is 0 Å². The summed E-state index contributed by atoms with van der Waals surface area (Å²) in [5.41, 5.74) is 4.65. The molecular formula is C26H28N2O3S. The van der Waals surface area contributed by atoms with Gasteiger partial charge in [0.05, 0.1) is 4.90 Å². The van der Waals surface area contributed by atoms with E-state index in [9.17, 15) is 13.2 Å². The molecule has 1 amide bonds. The summed E-state index contributed by atoms with van der Waals surface area (Å²) in [4.78, 5) is 15.3. The summed E-state index contributed by atoms with van der Waals surface area (Å²) in [5.74, 6) is -0.0247. The van der Waals surface area contributed by atoms with E-state index >= 15 is 0 Å². The molecule has 0 atom stereocenters. The van der Waals surface area contributed by atoms with Crippen LogP contribution in [0.1, 0.15) is 40.4 Å². The van der Waals surface area contributed by atoms with Crippen molar-refractivity contribution in [3.05, 3.63) is 95.1 Å². The maximum absolute atomic E-state index is 13.1. The highest BCUT2D eigenvalue weighted by atomic mass is 32.2. The van der Waals surface area contributed by atoms with Crippen LogP contribution in [0.15, 0.2) is 77.7 Å². The molecule has 0 saturated carbocycles. The topological polar surface area (TPSA) is 57.7 Å². The summed E-state index contributed by atoms with van der Waals surface area (Å²) >= 11 is 0. The van der Waals surface area contributed by atoms with Crippen molar-refractivity contribution in [2.45, 2.75) is 38.1 Å². The highest BCUT2D eigenvalue weighted by Gasteiger charge is 2.25. The van der Waals surface area contributed by atoms with Crippen molar-refractivity contribution in [1.82, 2.24) is 4.31 Å². The average Bonchev–Trinajstić information content (AvgIpc) is 2.82. The van der Waals surface area contributed by atoms with Crippen LogP contribution in [-0.2, 0) is 23.0 Å². The zero-order chi connectivity index (χ0) is 22.7. The van der Waals surface area contributed by atoms with E-state index in [1.54, 1.807) is 36.4 Å². The zero-order valence-electron chi connectivity index (χ0n) is 18.5. The number of carbonyl (C=O) groups is 1. The number of hydrogen-bond acceptors (Lipinski definition) is 3. The van der Waals surface area contributed by atoms with E-state index in [0.29, 0.717) is 23.5 Å². The van der Waals surface area contributed by atoms with E-state index in [4.69, 9.17) is 0 Å². The molecule has 0 radical (unpaired) electrons. The van der Waals surface area contributed by atoms with Crippen LogP contribution in [0.25, 0.3) is 0 Å². The van der Waals surface area contributed by atoms with Gasteiger partial charge in [-0.05, 0) is 61.2 Å². The number of aryl methyl sites for hydroxylation is 2. The molecule has 3 aromatic rings. The largest absolute Gasteiger partial charge is 0.308 e. The van der Waals surface area contributed by atoms with Crippen LogP contribution in [0.4, 0.5) is 5.69 Å². The minimum absolute atomic E-state index is 0.0247. The van der Waals surface area contributed by atoms with Crippen molar-refractivity contribution in [1.29, 1.82) is 0 Å². The lowest BCUT2D eigenvalue weighted by atomic mass is 10.0. The summed E-state index contributed by atoms with van der Waals surface area (Å²) in [7, 11) is -3.58. The Hall–Kier alpha value is -2.96. The third kappa shape index (κ3) is 4.47. The normalized spacial score (nSPS) is 13.8. The van der Waals surface area contributed by atoms with Gasteiger partial charge in [-0.25, -0.2) is 8.42 Å². The Balaban J connectivity index is 1.51. The first-order chi connectivity index (χ1) is 15.4. The Kier molecular flexibility index (Phi) is 6.44. The minimum atomic E-state index is -3.58. The van der Waals surface area contributed by atoms with Crippen molar-refractivity contribution in [2.75, 3.05) is 18.0 Å². The van der Waals surface area contributed by atoms with Crippen LogP contribution in [0.3, 0.4) is 0 Å². The number of sulfonamides is 1. The highest BCUT2D eigenvalue weighted by Crippen LogP contribution is 2.28. The molecule has 6 heteroatoms. The number of fused-ring (bicyclic) bond motifs is 1. The van der Waals surface area contributed by atoms with Crippen molar-refractivity contribution in [3.8, 4) is 0 Å². The Morgan fingerprint density at radius 2 is 1.66 bits per heavy atom. The molecule has 4 rings (SSSR count). The molecule has 0 unspecified atom stereocenters. The lowest BCUT2D eigenvalue weighted by molar-refractivity contribution is 0.0985. The highest BCUT2D eigenvalue weighted by molar-refractivity contribution is 7.89. The molecule has 32 heavy (non-hydrogen) atoms. The van der Waals surface area contributed by atoms with Crippen LogP contribution >= 0.6 is 0 Å². The number of hydrogen-bond donors (Lipinski definition) is 0. The molecule has 0 aromatic heterocycles. The van der Waals surface area contributed by atoms with Gasteiger partial charge in [0, 0.05) is 30.9 Å². The molecule has 5 nitrogen and oxygen atoms in total. The first-order valence-corrected chi connectivity index (χ1v) is 12.4. The molecule has 166 valence electrons. The van der Waals surface area contributed by atoms with Gasteiger partial charge in [0.15, 0.2) is 0 Å². The lowest BCUT2D eigenvalue weighted by Gasteiger charge is -2.29. The van der Waals surface area contributed by atoms with Crippen molar-refractivity contribution in [3.63, 3.8) is 0 Å². The predicted molar refractivity (Wildman–Crippen MR) is 127 cm³/mol. The Morgan fingerprint density at radius 3 is 2.34 bits per heavy atom. The smallest absolute Gasteiger partial charge is 0.258 e. The van der Waals surface area contributed by atoms with Crippen molar-refractivity contribution < 1.29 is 13.2 Å². The number of nitrogens with zero attached hydrogens (tertiary/aromatic N) is 2. The fraction of sp³-hybridized carbons (Fsp3) is 0.269. The zero-order valence-corrected chi connectivity index (χ0v) is 19.3. The van der Waals surface area contributed by atoms with Gasteiger partial charge in [-0.1, -0.05) is 55.0 Å². The van der Waals surface area contributed by atoms with Gasteiger partial charge in [-0.2, -0.15) is 4.31 Å². The molecule has 1 aliphatic rings. The van der Waals surface area contributed by atoms with Gasteiger partial charge in [-0.15, -0.1) is 0 Å². The van der Waals surface area contributed by atoms with Gasteiger partial charge < -0.3 is 4.90 Å². The number of rotatable bonds is 6. The van der Waals surface area contributed by atoms with Crippen LogP contribution in [0, 0.1) is 6.92 Å². The standard InChI is InChI=1S/C26H28N2O3S/c1-3-27(32(30,31)24-16-10-20(2)11-17-24)19-21-12-14-23(15-13-21)26(29)28-18-6-8-22-7-4-5-9-25(22)28/h4-5,7,9-17H,3,6,8,18-19H2,1-2H3. The van der Waals surface area contributed by atoms with E-state index in [-0.39, 0.29) is 12.5 Å². The fourth-order valence-corrected chi connectivity index (χ4v) is 5.52. The summed E-state index contributed by atoms with van der Waals surface area (Å²) in [6.07, 6.45) is 1.93. The van der Waals surface area contributed by atoms with Crippen LogP contribution < -0.4 is 4.90 Å². The second-order valence-corrected chi connectivity index (χ2v) is 10.1. The first-order valence-electron chi connectivity index (χ1n) is 11.0. The van der Waals surface area contributed by atoms with Crippen molar-refractivity contribution in [2.24, 2.45) is 0 Å². The van der Waals surface area contributed by atoms with Gasteiger partial charge in [0.25, 0.3) is 5.91 Å². The van der Waals surface area contributed by atoms with Gasteiger partial charge >= 0.3 is 0 Å². The summed E-state index contributed by atoms with van der Waals surface area (Å²) in [6, 6.07) is 22.2. The van der Waals surface area contributed by atoms with E-state index in [0.717, 1.165) is 29.7 Å². The van der Waals surface area contributed by atoms with Gasteiger partial charge in [0.2, 0.25) is 10.0 Å². The predicted octanol–water partition coefficient (Wildman–Crippen LogP) is 4.80. The summed E-state index contributed by atoms with van der Waals surface area (Å²) in [5, 5.41) is 0. The van der Waals surface area contributed by atoms with Crippen LogP contribution in [0.2, 0.25) is 0 Å². The molecule has 0 fully saturated rings. The molecule has 0 N–H and O–H groups in total. The SMILES string of the molecule is CCN(Cc1ccc(C(=O)N2CCCc3ccccc32)cc1)S(=O)(=O)c1ccc(C)cc1. The van der Waals surface area contributed by atoms with Gasteiger partial charge in [0.1, 0.15) is 0 Å². The molecule has 1 heterocycles. The first kappa shape index (κ1) is 22.2. The second kappa shape index (κ2) is 9.27. The van der Waals surface area contributed by atoms with E-state index in [2.05, 4.69) is 6.07 Å². The minimum Gasteiger partial charge on any atom is -0.308 e. The fourth-order valence-electron chi connectivity index (χ4n) is 4.08. The van der Waals surface area contributed by atoms with E-state index in [1.165, 1.54) is 9.87 Å². The summed E-state index contributed by atoms with van der Waals surface area (Å²) < 4.78 is 27.5. The lowest BCUT2D eigenvalue weighted by Crippen LogP contribution is -2.35. The Morgan fingerprint density at radius 1 is 0.969 bits per heavy atom. The van der Waals surface area contributed by atoms with Crippen LogP contribution in [-0.4, -0.2) is 31.7 Å². The number of anilines is 1. The maximum atomic E-state index is 13.1. The quantitative estimate of drug-likeness (QED) is 0.544. The molecule has 0 bridgehead atoms. The molecule has 3 aromatic carbocycles. The molecule has 0 aliphatic carbocycles. The third-order valence-corrected chi connectivity index (χ3v) is 7.86. The number of para-hydroxylation sites is 1. The average molecular weight is 449 g/mol. The summed E-state index contributed by atoms with van der Waals surface area (Å²) in [6.45, 7) is 5.09. The number of carbonyl (C=O) groups excluding carboxylic acids is 1. The molecular weight excluding hydrogens is 420 g/mol. The Labute approximate surface area is 190 Å². The van der Waals surface area contributed by atoms with E-state index < -0.39 is 10.0 Å². The number of benzene rings is 3. The molecule has 0 spiro atoms. The second-order valence-electron chi connectivity index (χ2n) is 8.13. The van der Waals surface area contributed by atoms with E-state index in [1.807, 2.05) is 49.1 Å². The van der Waals surface area contributed by atoms with Crippen molar-refractivity contribution >= 4 is 21.6 Å². The number of amides is 1. The third-order valence-electron chi connectivity index (χ3n) is 5.93. The maximum Gasteiger partial charge on any atom is 0.258 e. The van der Waals surface area contributed by atoms with Gasteiger partial charge in [-0.3, -0.25) is 4.79 Å². The monoisotopic (exact) mass is 448 g/mol. The molecule has 0 saturated heterocycles. The molecule has 1 aliphatic heterocycles. The Bertz CT molecular complexity index is 1200.